The first-order chi connectivity index (χ1) is 12.1. The molecular formula is C20H32O4Si. The van der Waals surface area contributed by atoms with Crippen LogP contribution >= 0.6 is 0 Å². The number of hydrogen-bond acceptors (Lipinski definition) is 4. The van der Waals surface area contributed by atoms with Gasteiger partial charge in [-0.2, -0.15) is 0 Å². The Morgan fingerprint density at radius 2 is 1.88 bits per heavy atom. The van der Waals surface area contributed by atoms with Crippen molar-refractivity contribution < 1.29 is 19.0 Å². The van der Waals surface area contributed by atoms with Crippen LogP contribution in [0.3, 0.4) is 0 Å². The van der Waals surface area contributed by atoms with E-state index in [1.54, 1.807) is 0 Å². The Morgan fingerprint density at radius 3 is 2.48 bits per heavy atom. The highest BCUT2D eigenvalue weighted by Gasteiger charge is 2.72. The van der Waals surface area contributed by atoms with Gasteiger partial charge in [-0.3, -0.25) is 0 Å². The van der Waals surface area contributed by atoms with E-state index in [-0.39, 0.29) is 35.7 Å². The van der Waals surface area contributed by atoms with Gasteiger partial charge in [0.15, 0.2) is 0 Å². The highest BCUT2D eigenvalue weighted by Crippen LogP contribution is 2.57. The van der Waals surface area contributed by atoms with Crippen molar-refractivity contribution >= 4 is 14.4 Å². The minimum Gasteiger partial charge on any atom is -0.367 e. The number of epoxide rings is 1. The molecule has 0 saturated carbocycles. The number of carbonyl (C=O) groups is 1. The molecular weight excluding hydrogens is 332 g/mol. The molecule has 3 aliphatic heterocycles. The predicted molar refractivity (Wildman–Crippen MR) is 101 cm³/mol. The third kappa shape index (κ3) is 3.09. The molecule has 0 aromatic carbocycles. The number of ether oxygens (including phenoxy) is 3. The molecule has 140 valence electrons. The lowest BCUT2D eigenvalue weighted by Crippen LogP contribution is -2.53. The first kappa shape index (κ1) is 19.0. The lowest BCUT2D eigenvalue weighted by molar-refractivity contribution is -0.123. The van der Waals surface area contributed by atoms with Gasteiger partial charge in [0, 0.05) is 12.8 Å². The van der Waals surface area contributed by atoms with Crippen LogP contribution in [-0.4, -0.2) is 50.1 Å². The molecule has 2 fully saturated rings. The van der Waals surface area contributed by atoms with E-state index < -0.39 is 8.07 Å². The number of rotatable bonds is 8. The van der Waals surface area contributed by atoms with Gasteiger partial charge in [-0.15, -0.1) is 6.58 Å². The Balaban J connectivity index is 1.92. The van der Waals surface area contributed by atoms with E-state index in [9.17, 15) is 4.79 Å². The maximum atomic E-state index is 11.2. The van der Waals surface area contributed by atoms with Crippen LogP contribution in [0, 0.1) is 0 Å². The van der Waals surface area contributed by atoms with Gasteiger partial charge in [-0.05, 0) is 6.42 Å². The normalized spacial score (nSPS) is 39.9. The molecule has 3 rings (SSSR count). The van der Waals surface area contributed by atoms with Gasteiger partial charge in [0.1, 0.15) is 18.5 Å². The Morgan fingerprint density at radius 1 is 1.16 bits per heavy atom. The molecule has 0 aromatic rings. The van der Waals surface area contributed by atoms with E-state index in [0.29, 0.717) is 6.42 Å². The van der Waals surface area contributed by atoms with Crippen LogP contribution < -0.4 is 0 Å². The standard InChI is InChI=1S/C20H32O4Si/c1-5-9-15-10-11-16-18(22-15)14-20(25(6-2,7-3)8-4)19(24-20)17(23-16)12-13-21/h5,10-11,13,15-19H,1,6-9,12,14H2,2-4H3/t15-,16+,17-,18-,19+,20+/m1/s1. The van der Waals surface area contributed by atoms with Crippen LogP contribution in [0.4, 0.5) is 0 Å². The average Bonchev–Trinajstić information content (AvgIpc) is 3.35. The summed E-state index contributed by atoms with van der Waals surface area (Å²) >= 11 is 0. The summed E-state index contributed by atoms with van der Waals surface area (Å²) in [6.45, 7) is 10.8. The summed E-state index contributed by atoms with van der Waals surface area (Å²) in [6.07, 6.45) is 9.12. The van der Waals surface area contributed by atoms with Crippen molar-refractivity contribution in [3.63, 3.8) is 0 Å². The zero-order valence-corrected chi connectivity index (χ0v) is 16.8. The van der Waals surface area contributed by atoms with Crippen molar-refractivity contribution in [3.8, 4) is 0 Å². The lowest BCUT2D eigenvalue weighted by Gasteiger charge is -2.38. The summed E-state index contributed by atoms with van der Waals surface area (Å²) in [6, 6.07) is 3.61. The summed E-state index contributed by atoms with van der Waals surface area (Å²) in [7, 11) is -1.63. The summed E-state index contributed by atoms with van der Waals surface area (Å²) < 4.78 is 19.1. The van der Waals surface area contributed by atoms with Crippen LogP contribution in [0.1, 0.15) is 40.0 Å². The summed E-state index contributed by atoms with van der Waals surface area (Å²) in [5.41, 5.74) is 0. The fourth-order valence-electron chi connectivity index (χ4n) is 5.17. The molecule has 0 aliphatic carbocycles. The van der Waals surface area contributed by atoms with Crippen molar-refractivity contribution in [1.29, 1.82) is 0 Å². The van der Waals surface area contributed by atoms with Crippen LogP contribution in [0.2, 0.25) is 18.1 Å². The third-order valence-corrected chi connectivity index (χ3v) is 13.3. The van der Waals surface area contributed by atoms with Gasteiger partial charge in [0.25, 0.3) is 0 Å². The van der Waals surface area contributed by atoms with Crippen molar-refractivity contribution in [2.45, 2.75) is 93.9 Å². The van der Waals surface area contributed by atoms with Crippen LogP contribution in [0.5, 0.6) is 0 Å². The topological polar surface area (TPSA) is 48.1 Å². The van der Waals surface area contributed by atoms with Crippen LogP contribution in [0.25, 0.3) is 0 Å². The predicted octanol–water partition coefficient (Wildman–Crippen LogP) is 3.82. The fraction of sp³-hybridized carbons (Fsp3) is 0.750. The highest BCUT2D eigenvalue weighted by atomic mass is 28.3. The van der Waals surface area contributed by atoms with Gasteiger partial charge in [-0.25, -0.2) is 0 Å². The lowest BCUT2D eigenvalue weighted by atomic mass is 10.0. The molecule has 0 N–H and O–H groups in total. The maximum Gasteiger partial charge on any atom is 0.122 e. The second-order valence-corrected chi connectivity index (χ2v) is 13.2. The average molecular weight is 365 g/mol. The van der Waals surface area contributed by atoms with E-state index in [2.05, 4.69) is 39.5 Å². The monoisotopic (exact) mass is 364 g/mol. The Hall–Kier alpha value is -0.753. The molecule has 3 aliphatic rings. The van der Waals surface area contributed by atoms with Gasteiger partial charge < -0.3 is 19.0 Å². The number of fused-ring (bicyclic) bond motifs is 2. The summed E-state index contributed by atoms with van der Waals surface area (Å²) in [4.78, 5) is 11.2. The molecule has 0 bridgehead atoms. The first-order valence-corrected chi connectivity index (χ1v) is 12.4. The van der Waals surface area contributed by atoms with E-state index in [0.717, 1.165) is 19.1 Å². The second-order valence-electron chi connectivity index (χ2n) is 7.64. The second kappa shape index (κ2) is 7.47. The molecule has 0 spiro atoms. The van der Waals surface area contributed by atoms with E-state index >= 15 is 0 Å². The molecule has 6 atom stereocenters. The van der Waals surface area contributed by atoms with Crippen molar-refractivity contribution in [1.82, 2.24) is 0 Å². The molecule has 25 heavy (non-hydrogen) atoms. The maximum absolute atomic E-state index is 11.2. The quantitative estimate of drug-likeness (QED) is 0.284. The van der Waals surface area contributed by atoms with E-state index in [1.807, 2.05) is 6.08 Å². The first-order valence-electron chi connectivity index (χ1n) is 9.81. The van der Waals surface area contributed by atoms with Gasteiger partial charge in [-0.1, -0.05) is 57.1 Å². The Kier molecular flexibility index (Phi) is 5.68. The Labute approximate surface area is 152 Å². The molecule has 5 heteroatoms. The van der Waals surface area contributed by atoms with Crippen molar-refractivity contribution in [2.24, 2.45) is 0 Å². The van der Waals surface area contributed by atoms with Crippen molar-refractivity contribution in [3.05, 3.63) is 24.8 Å². The minimum absolute atomic E-state index is 0.00753. The van der Waals surface area contributed by atoms with Gasteiger partial charge in [0.2, 0.25) is 0 Å². The molecule has 4 nitrogen and oxygen atoms in total. The number of carbonyl (C=O) groups excluding carboxylic acids is 1. The smallest absolute Gasteiger partial charge is 0.122 e. The Bertz CT molecular complexity index is 522. The zero-order chi connectivity index (χ0) is 18.1. The SMILES string of the molecule is C=CC[C@@H]1C=C[C@@H]2O[C@H](CC=O)[C@@H]3O[C@]3([Si](CC)(CC)CC)C[C@H]2O1. The minimum atomic E-state index is -1.63. The highest BCUT2D eigenvalue weighted by molar-refractivity contribution is 6.83. The van der Waals surface area contributed by atoms with Crippen LogP contribution in [-0.2, 0) is 19.0 Å². The van der Waals surface area contributed by atoms with Crippen LogP contribution in [0.15, 0.2) is 24.8 Å². The van der Waals surface area contributed by atoms with Gasteiger partial charge in [0.05, 0.1) is 31.6 Å². The van der Waals surface area contributed by atoms with Gasteiger partial charge >= 0.3 is 0 Å². The largest absolute Gasteiger partial charge is 0.367 e. The molecule has 0 amide bonds. The molecule has 2 saturated heterocycles. The van der Waals surface area contributed by atoms with E-state index in [4.69, 9.17) is 14.2 Å². The summed E-state index contributed by atoms with van der Waals surface area (Å²) in [5.74, 6) is 0. The molecule has 0 aromatic heterocycles. The number of hydrogen-bond donors (Lipinski definition) is 0. The molecule has 0 radical (unpaired) electrons. The van der Waals surface area contributed by atoms with E-state index in [1.165, 1.54) is 18.1 Å². The summed E-state index contributed by atoms with van der Waals surface area (Å²) in [5, 5.41) is -0.0950. The number of aldehydes is 1. The van der Waals surface area contributed by atoms with Crippen molar-refractivity contribution in [2.75, 3.05) is 0 Å². The third-order valence-electron chi connectivity index (χ3n) is 6.80. The molecule has 0 unspecified atom stereocenters. The zero-order valence-electron chi connectivity index (χ0n) is 15.8. The fourth-order valence-corrected chi connectivity index (χ4v) is 10.3. The molecule has 3 heterocycles.